The number of rotatable bonds is 4. The number of ether oxygens (including phenoxy) is 1. The third-order valence-electron chi connectivity index (χ3n) is 5.60. The molecule has 7 heteroatoms. The van der Waals surface area contributed by atoms with Crippen LogP contribution in [0.4, 0.5) is 15.8 Å². The van der Waals surface area contributed by atoms with E-state index in [-0.39, 0.29) is 5.91 Å². The van der Waals surface area contributed by atoms with Crippen molar-refractivity contribution in [1.82, 2.24) is 0 Å². The van der Waals surface area contributed by atoms with Gasteiger partial charge in [0.15, 0.2) is 0 Å². The number of hydrogen-bond acceptors (Lipinski definition) is 4. The SMILES string of the molecule is COc1cc2c(cc1N1CCC(C(=O)Nc3ccc(F)cc3)C1=O)oc1ccccc12. The molecule has 5 rings (SSSR count). The summed E-state index contributed by atoms with van der Waals surface area (Å²) in [6.07, 6.45) is 0.368. The lowest BCUT2D eigenvalue weighted by Crippen LogP contribution is -2.33. The molecular weight excluding hydrogens is 399 g/mol. The molecule has 6 nitrogen and oxygen atoms in total. The molecule has 3 aromatic carbocycles. The molecule has 0 saturated carbocycles. The van der Waals surface area contributed by atoms with Crippen molar-refractivity contribution in [1.29, 1.82) is 0 Å². The molecule has 1 aliphatic heterocycles. The fourth-order valence-electron chi connectivity index (χ4n) is 4.04. The highest BCUT2D eigenvalue weighted by Gasteiger charge is 2.39. The molecular formula is C24H19FN2O4. The Morgan fingerprint density at radius 1 is 1.10 bits per heavy atom. The summed E-state index contributed by atoms with van der Waals surface area (Å²) in [7, 11) is 1.55. The molecule has 0 spiro atoms. The zero-order valence-corrected chi connectivity index (χ0v) is 16.7. The maximum Gasteiger partial charge on any atom is 0.239 e. The molecule has 1 aliphatic rings. The number of furan rings is 1. The van der Waals surface area contributed by atoms with Crippen molar-refractivity contribution in [2.45, 2.75) is 6.42 Å². The van der Waals surface area contributed by atoms with Crippen molar-refractivity contribution >= 4 is 45.1 Å². The molecule has 2 heterocycles. The number of carbonyl (C=O) groups excluding carboxylic acids is 2. The van der Waals surface area contributed by atoms with Gasteiger partial charge in [0.1, 0.15) is 28.7 Å². The molecule has 1 saturated heterocycles. The van der Waals surface area contributed by atoms with Gasteiger partial charge in [-0.15, -0.1) is 0 Å². The number of fused-ring (bicyclic) bond motifs is 3. The highest BCUT2D eigenvalue weighted by atomic mass is 19.1. The second kappa shape index (κ2) is 7.43. The summed E-state index contributed by atoms with van der Waals surface area (Å²) >= 11 is 0. The van der Waals surface area contributed by atoms with E-state index < -0.39 is 17.6 Å². The Morgan fingerprint density at radius 3 is 2.65 bits per heavy atom. The largest absolute Gasteiger partial charge is 0.495 e. The molecule has 1 N–H and O–H groups in total. The molecule has 1 unspecified atom stereocenters. The van der Waals surface area contributed by atoms with Crippen LogP contribution in [0.3, 0.4) is 0 Å². The third kappa shape index (κ3) is 3.28. The van der Waals surface area contributed by atoms with Crippen molar-refractivity contribution in [3.63, 3.8) is 0 Å². The van der Waals surface area contributed by atoms with Gasteiger partial charge in [-0.05, 0) is 42.8 Å². The quantitative estimate of drug-likeness (QED) is 0.487. The van der Waals surface area contributed by atoms with E-state index in [4.69, 9.17) is 9.15 Å². The number of para-hydroxylation sites is 1. The lowest BCUT2D eigenvalue weighted by atomic mass is 10.1. The zero-order valence-electron chi connectivity index (χ0n) is 16.7. The summed E-state index contributed by atoms with van der Waals surface area (Å²) in [5.41, 5.74) is 2.40. The summed E-state index contributed by atoms with van der Waals surface area (Å²) in [5.74, 6) is -1.42. The number of halogens is 1. The van der Waals surface area contributed by atoms with E-state index in [1.54, 1.807) is 18.1 Å². The monoisotopic (exact) mass is 418 g/mol. The number of methoxy groups -OCH3 is 1. The molecule has 156 valence electrons. The summed E-state index contributed by atoms with van der Waals surface area (Å²) < 4.78 is 24.6. The number of carbonyl (C=O) groups is 2. The van der Waals surface area contributed by atoms with Crippen molar-refractivity contribution < 1.29 is 23.1 Å². The van der Waals surface area contributed by atoms with Gasteiger partial charge in [-0.3, -0.25) is 9.59 Å². The minimum Gasteiger partial charge on any atom is -0.495 e. The maximum atomic E-state index is 13.1. The average Bonchev–Trinajstić information content (AvgIpc) is 3.34. The Hall–Kier alpha value is -3.87. The molecule has 31 heavy (non-hydrogen) atoms. The Balaban J connectivity index is 1.45. The van der Waals surface area contributed by atoms with Crippen LogP contribution in [0.2, 0.25) is 0 Å². The Labute approximate surface area is 177 Å². The zero-order chi connectivity index (χ0) is 21.5. The molecule has 0 aliphatic carbocycles. The first kappa shape index (κ1) is 19.1. The fourth-order valence-corrected chi connectivity index (χ4v) is 4.04. The van der Waals surface area contributed by atoms with Crippen molar-refractivity contribution in [2.75, 3.05) is 23.9 Å². The topological polar surface area (TPSA) is 71.8 Å². The van der Waals surface area contributed by atoms with Crippen molar-refractivity contribution in [3.05, 3.63) is 66.5 Å². The van der Waals surface area contributed by atoms with Crippen LogP contribution >= 0.6 is 0 Å². The predicted molar refractivity (Wildman–Crippen MR) is 116 cm³/mol. The Bertz CT molecular complexity index is 1310. The summed E-state index contributed by atoms with van der Waals surface area (Å²) in [6.45, 7) is 0.377. The first-order chi connectivity index (χ1) is 15.0. The molecule has 0 bridgehead atoms. The lowest BCUT2D eigenvalue weighted by molar-refractivity contribution is -0.129. The molecule has 1 fully saturated rings. The van der Waals surface area contributed by atoms with E-state index in [1.807, 2.05) is 30.3 Å². The first-order valence-corrected chi connectivity index (χ1v) is 9.92. The van der Waals surface area contributed by atoms with Crippen LogP contribution in [-0.4, -0.2) is 25.5 Å². The number of benzene rings is 3. The summed E-state index contributed by atoms with van der Waals surface area (Å²) in [5, 5.41) is 4.55. The van der Waals surface area contributed by atoms with E-state index in [2.05, 4.69) is 5.32 Å². The number of nitrogens with one attached hydrogen (secondary N) is 1. The first-order valence-electron chi connectivity index (χ1n) is 9.92. The number of anilines is 2. The predicted octanol–water partition coefficient (Wildman–Crippen LogP) is 4.73. The van der Waals surface area contributed by atoms with Gasteiger partial charge in [0, 0.05) is 29.1 Å². The minimum atomic E-state index is -0.832. The second-order valence-electron chi connectivity index (χ2n) is 7.45. The number of hydrogen-bond donors (Lipinski definition) is 1. The van der Waals surface area contributed by atoms with E-state index in [1.165, 1.54) is 24.3 Å². The molecule has 1 aromatic heterocycles. The Kier molecular flexibility index (Phi) is 4.58. The van der Waals surface area contributed by atoms with Gasteiger partial charge in [-0.1, -0.05) is 18.2 Å². The van der Waals surface area contributed by atoms with Gasteiger partial charge in [-0.25, -0.2) is 4.39 Å². The standard InChI is InChI=1S/C24H19FN2O4/c1-30-22-12-18-16-4-2-3-5-20(16)31-21(18)13-19(22)27-11-10-17(24(27)29)23(28)26-15-8-6-14(25)7-9-15/h2-9,12-13,17H,10-11H2,1H3,(H,26,28). The van der Waals surface area contributed by atoms with Gasteiger partial charge in [0.2, 0.25) is 11.8 Å². The van der Waals surface area contributed by atoms with Gasteiger partial charge < -0.3 is 19.4 Å². The number of nitrogens with zero attached hydrogens (tertiary/aromatic N) is 1. The van der Waals surface area contributed by atoms with Crippen LogP contribution < -0.4 is 15.0 Å². The Morgan fingerprint density at radius 2 is 1.87 bits per heavy atom. The van der Waals surface area contributed by atoms with Crippen LogP contribution in [0, 0.1) is 11.7 Å². The van der Waals surface area contributed by atoms with Crippen molar-refractivity contribution in [3.8, 4) is 5.75 Å². The molecule has 0 radical (unpaired) electrons. The fraction of sp³-hybridized carbons (Fsp3) is 0.167. The van der Waals surface area contributed by atoms with Gasteiger partial charge in [0.25, 0.3) is 0 Å². The van der Waals surface area contributed by atoms with Crippen molar-refractivity contribution in [2.24, 2.45) is 5.92 Å². The summed E-state index contributed by atoms with van der Waals surface area (Å²) in [6, 6.07) is 16.8. The average molecular weight is 418 g/mol. The highest BCUT2D eigenvalue weighted by molar-refractivity contribution is 6.15. The maximum absolute atomic E-state index is 13.1. The second-order valence-corrected chi connectivity index (χ2v) is 7.45. The minimum absolute atomic E-state index is 0.312. The van der Waals surface area contributed by atoms with E-state index in [0.717, 1.165) is 16.4 Å². The van der Waals surface area contributed by atoms with Crippen LogP contribution in [0.5, 0.6) is 5.75 Å². The van der Waals surface area contributed by atoms with Crippen LogP contribution in [0.25, 0.3) is 21.9 Å². The van der Waals surface area contributed by atoms with Gasteiger partial charge in [-0.2, -0.15) is 0 Å². The normalized spacial score (nSPS) is 16.3. The van der Waals surface area contributed by atoms with E-state index >= 15 is 0 Å². The lowest BCUT2D eigenvalue weighted by Gasteiger charge is -2.19. The van der Waals surface area contributed by atoms with Gasteiger partial charge >= 0.3 is 0 Å². The third-order valence-corrected chi connectivity index (χ3v) is 5.60. The van der Waals surface area contributed by atoms with Crippen LogP contribution in [0.1, 0.15) is 6.42 Å². The van der Waals surface area contributed by atoms with Gasteiger partial charge in [0.05, 0.1) is 12.8 Å². The number of amides is 2. The van der Waals surface area contributed by atoms with Crippen LogP contribution in [-0.2, 0) is 9.59 Å². The van der Waals surface area contributed by atoms with E-state index in [0.29, 0.717) is 35.7 Å². The highest BCUT2D eigenvalue weighted by Crippen LogP contribution is 2.40. The summed E-state index contributed by atoms with van der Waals surface area (Å²) in [4.78, 5) is 27.3. The smallest absolute Gasteiger partial charge is 0.239 e. The molecule has 1 atom stereocenters. The molecule has 4 aromatic rings. The molecule has 2 amide bonds. The van der Waals surface area contributed by atoms with E-state index in [9.17, 15) is 14.0 Å². The van der Waals surface area contributed by atoms with Crippen LogP contribution in [0.15, 0.2) is 65.1 Å².